The topological polar surface area (TPSA) is 70.7 Å². The lowest BCUT2D eigenvalue weighted by Gasteiger charge is -2.02. The van der Waals surface area contributed by atoms with Crippen LogP contribution in [0.3, 0.4) is 0 Å². The molecular formula is C13H17BrN4O. The fraction of sp³-hybridized carbons (Fsp3) is 0.462. The van der Waals surface area contributed by atoms with Crippen molar-refractivity contribution in [3.05, 3.63) is 21.4 Å². The van der Waals surface area contributed by atoms with Gasteiger partial charge in [-0.25, -0.2) is 0 Å². The van der Waals surface area contributed by atoms with Crippen molar-refractivity contribution in [1.29, 1.82) is 5.26 Å². The first-order chi connectivity index (χ1) is 9.04. The van der Waals surface area contributed by atoms with Crippen LogP contribution in [0.1, 0.15) is 31.7 Å². The normalized spacial score (nSPS) is 11.2. The molecule has 0 saturated heterocycles. The predicted octanol–water partition coefficient (Wildman–Crippen LogP) is 2.18. The summed E-state index contributed by atoms with van der Waals surface area (Å²) >= 11 is 3.45. The lowest BCUT2D eigenvalue weighted by Crippen LogP contribution is -2.25. The maximum atomic E-state index is 11.8. The third-order valence-electron chi connectivity index (χ3n) is 2.61. The van der Waals surface area contributed by atoms with E-state index in [2.05, 4.69) is 26.3 Å². The monoisotopic (exact) mass is 324 g/mol. The SMILES string of the molecule is CCCNC(=O)/C(C#N)=C/c1c(Br)c(CC)nn1C. The number of amides is 1. The maximum absolute atomic E-state index is 11.8. The molecule has 0 atom stereocenters. The molecule has 6 heteroatoms. The Bertz CT molecular complexity index is 540. The van der Waals surface area contributed by atoms with Crippen molar-refractivity contribution >= 4 is 27.9 Å². The van der Waals surface area contributed by atoms with Gasteiger partial charge in [0.05, 0.1) is 15.9 Å². The number of nitrogens with zero attached hydrogens (tertiary/aromatic N) is 3. The highest BCUT2D eigenvalue weighted by molar-refractivity contribution is 9.10. The zero-order valence-corrected chi connectivity index (χ0v) is 12.9. The summed E-state index contributed by atoms with van der Waals surface area (Å²) in [5.41, 5.74) is 1.71. The lowest BCUT2D eigenvalue weighted by molar-refractivity contribution is -0.117. The van der Waals surface area contributed by atoms with Crippen molar-refractivity contribution in [3.63, 3.8) is 0 Å². The Kier molecular flexibility index (Phi) is 5.77. The molecule has 1 N–H and O–H groups in total. The average Bonchev–Trinajstić information content (AvgIpc) is 2.68. The molecule has 0 unspecified atom stereocenters. The van der Waals surface area contributed by atoms with Crippen LogP contribution in [-0.4, -0.2) is 22.2 Å². The van der Waals surface area contributed by atoms with Gasteiger partial charge in [-0.1, -0.05) is 13.8 Å². The number of carbonyl (C=O) groups is 1. The van der Waals surface area contributed by atoms with E-state index >= 15 is 0 Å². The molecule has 102 valence electrons. The predicted molar refractivity (Wildman–Crippen MR) is 77.2 cm³/mol. The largest absolute Gasteiger partial charge is 0.351 e. The van der Waals surface area contributed by atoms with Crippen molar-refractivity contribution in [2.75, 3.05) is 6.54 Å². The summed E-state index contributed by atoms with van der Waals surface area (Å²) in [5.74, 6) is -0.351. The molecule has 5 nitrogen and oxygen atoms in total. The molecule has 1 heterocycles. The highest BCUT2D eigenvalue weighted by Gasteiger charge is 2.14. The van der Waals surface area contributed by atoms with Gasteiger partial charge in [0.2, 0.25) is 0 Å². The van der Waals surface area contributed by atoms with E-state index in [4.69, 9.17) is 5.26 Å². The van der Waals surface area contributed by atoms with Gasteiger partial charge >= 0.3 is 0 Å². The van der Waals surface area contributed by atoms with E-state index < -0.39 is 0 Å². The molecule has 0 fully saturated rings. The van der Waals surface area contributed by atoms with E-state index in [1.54, 1.807) is 17.8 Å². The maximum Gasteiger partial charge on any atom is 0.262 e. The molecule has 0 spiro atoms. The fourth-order valence-corrected chi connectivity index (χ4v) is 2.30. The fourth-order valence-electron chi connectivity index (χ4n) is 1.57. The van der Waals surface area contributed by atoms with Gasteiger partial charge in [-0.2, -0.15) is 10.4 Å². The van der Waals surface area contributed by atoms with Crippen molar-refractivity contribution in [2.45, 2.75) is 26.7 Å². The van der Waals surface area contributed by atoms with E-state index in [9.17, 15) is 4.79 Å². The Morgan fingerprint density at radius 1 is 1.58 bits per heavy atom. The number of nitriles is 1. The second-order valence-corrected chi connectivity index (χ2v) is 4.84. The lowest BCUT2D eigenvalue weighted by atomic mass is 10.2. The van der Waals surface area contributed by atoms with E-state index in [-0.39, 0.29) is 11.5 Å². The molecule has 0 aromatic carbocycles. The van der Waals surface area contributed by atoms with Crippen LogP contribution >= 0.6 is 15.9 Å². The quantitative estimate of drug-likeness (QED) is 0.666. The van der Waals surface area contributed by atoms with Crippen LogP contribution < -0.4 is 5.32 Å². The second-order valence-electron chi connectivity index (χ2n) is 4.05. The minimum Gasteiger partial charge on any atom is -0.351 e. The highest BCUT2D eigenvalue weighted by atomic mass is 79.9. The Balaban J connectivity index is 3.08. The van der Waals surface area contributed by atoms with Crippen LogP contribution in [0.15, 0.2) is 10.0 Å². The first kappa shape index (κ1) is 15.4. The van der Waals surface area contributed by atoms with Crippen LogP contribution in [0.4, 0.5) is 0 Å². The number of carbonyl (C=O) groups excluding carboxylic acids is 1. The average molecular weight is 325 g/mol. The van der Waals surface area contributed by atoms with Gasteiger partial charge in [0, 0.05) is 13.6 Å². The van der Waals surface area contributed by atoms with Gasteiger partial charge in [-0.05, 0) is 34.8 Å². The summed E-state index contributed by atoms with van der Waals surface area (Å²) < 4.78 is 2.49. The molecule has 0 radical (unpaired) electrons. The first-order valence-electron chi connectivity index (χ1n) is 6.16. The van der Waals surface area contributed by atoms with Gasteiger partial charge in [0.25, 0.3) is 5.91 Å². The number of halogens is 1. The van der Waals surface area contributed by atoms with Crippen LogP contribution in [0.5, 0.6) is 0 Å². The van der Waals surface area contributed by atoms with Gasteiger partial charge in [0.1, 0.15) is 11.6 Å². The molecule has 1 aromatic heterocycles. The molecule has 0 aliphatic rings. The minimum atomic E-state index is -0.351. The zero-order chi connectivity index (χ0) is 14.4. The van der Waals surface area contributed by atoms with E-state index in [1.165, 1.54) is 0 Å². The van der Waals surface area contributed by atoms with Gasteiger partial charge in [-0.15, -0.1) is 0 Å². The molecule has 19 heavy (non-hydrogen) atoms. The summed E-state index contributed by atoms with van der Waals surface area (Å²) in [7, 11) is 1.79. The standard InChI is InChI=1S/C13H17BrN4O/c1-4-6-16-13(19)9(8-15)7-11-12(14)10(5-2)17-18(11)3/h7H,4-6H2,1-3H3,(H,16,19)/b9-7+. The van der Waals surface area contributed by atoms with E-state index in [0.717, 1.165) is 28.7 Å². The van der Waals surface area contributed by atoms with Crippen LogP contribution in [0.25, 0.3) is 6.08 Å². The molecule has 0 aliphatic heterocycles. The summed E-state index contributed by atoms with van der Waals surface area (Å²) in [5, 5.41) is 16.1. The minimum absolute atomic E-state index is 0.0832. The Morgan fingerprint density at radius 2 is 2.26 bits per heavy atom. The van der Waals surface area contributed by atoms with Crippen molar-refractivity contribution in [3.8, 4) is 6.07 Å². The van der Waals surface area contributed by atoms with Crippen molar-refractivity contribution < 1.29 is 4.79 Å². The third-order valence-corrected chi connectivity index (χ3v) is 3.48. The summed E-state index contributed by atoms with van der Waals surface area (Å²) in [6.45, 7) is 4.52. The number of rotatable bonds is 5. The first-order valence-corrected chi connectivity index (χ1v) is 6.95. The molecule has 1 aromatic rings. The molecule has 0 saturated carbocycles. The van der Waals surface area contributed by atoms with E-state index in [1.807, 2.05) is 19.9 Å². The molecule has 0 bridgehead atoms. The van der Waals surface area contributed by atoms with Crippen LogP contribution in [0, 0.1) is 11.3 Å². The Hall–Kier alpha value is -1.61. The zero-order valence-electron chi connectivity index (χ0n) is 11.3. The van der Waals surface area contributed by atoms with Crippen LogP contribution in [0.2, 0.25) is 0 Å². The van der Waals surface area contributed by atoms with Crippen molar-refractivity contribution in [2.24, 2.45) is 7.05 Å². The number of hydrogen-bond acceptors (Lipinski definition) is 3. The smallest absolute Gasteiger partial charge is 0.262 e. The van der Waals surface area contributed by atoms with Crippen molar-refractivity contribution in [1.82, 2.24) is 15.1 Å². The summed E-state index contributed by atoms with van der Waals surface area (Å²) in [6.07, 6.45) is 3.17. The second kappa shape index (κ2) is 7.10. The van der Waals surface area contributed by atoms with Crippen LogP contribution in [-0.2, 0) is 18.3 Å². The number of aryl methyl sites for hydroxylation is 2. The Labute approximate surface area is 121 Å². The molecule has 0 aliphatic carbocycles. The Morgan fingerprint density at radius 3 is 2.74 bits per heavy atom. The number of nitrogens with one attached hydrogen (secondary N) is 1. The molecular weight excluding hydrogens is 308 g/mol. The van der Waals surface area contributed by atoms with E-state index in [0.29, 0.717) is 6.54 Å². The summed E-state index contributed by atoms with van der Waals surface area (Å²) in [6, 6.07) is 1.93. The van der Waals surface area contributed by atoms with Gasteiger partial charge in [0.15, 0.2) is 0 Å². The van der Waals surface area contributed by atoms with Gasteiger partial charge in [-0.3, -0.25) is 9.48 Å². The summed E-state index contributed by atoms with van der Waals surface area (Å²) in [4.78, 5) is 11.8. The number of aromatic nitrogens is 2. The highest BCUT2D eigenvalue weighted by Crippen LogP contribution is 2.23. The molecule has 1 rings (SSSR count). The molecule has 1 amide bonds. The van der Waals surface area contributed by atoms with Gasteiger partial charge < -0.3 is 5.32 Å². The number of hydrogen-bond donors (Lipinski definition) is 1. The third kappa shape index (κ3) is 3.67.